The van der Waals surface area contributed by atoms with Crippen LogP contribution in [0.2, 0.25) is 0 Å². The van der Waals surface area contributed by atoms with Crippen LogP contribution in [0.15, 0.2) is 35.4 Å². The number of nitrogens with one attached hydrogen (secondary N) is 1. The van der Waals surface area contributed by atoms with Gasteiger partial charge in [0.05, 0.1) is 10.8 Å². The van der Waals surface area contributed by atoms with Crippen LogP contribution in [-0.2, 0) is 26.0 Å². The first-order chi connectivity index (χ1) is 14.7. The average molecular weight is 448 g/mol. The van der Waals surface area contributed by atoms with Gasteiger partial charge in [0, 0.05) is 44.5 Å². The second-order valence-corrected chi connectivity index (χ2v) is 10.2. The summed E-state index contributed by atoms with van der Waals surface area (Å²) in [5.74, 6) is -0.000350. The van der Waals surface area contributed by atoms with Gasteiger partial charge in [-0.1, -0.05) is 12.1 Å². The standard InChI is InChI=1S/C22H29N3O5S/c1-15-12-17(5-7-20(15)31(2,29)30)19(14-16-4-6-18(27)13-16)22(28)23-21-8-10-25(24-21)9-3-11-26/h5,7-8,10,12,16,19,26H,3-4,6,9,11,13-14H2,1-2H3,(H,23,24,28)/t16-,19?/m0/s1. The Morgan fingerprint density at radius 1 is 1.35 bits per heavy atom. The topological polar surface area (TPSA) is 118 Å². The zero-order valence-corrected chi connectivity index (χ0v) is 18.7. The Hall–Kier alpha value is -2.52. The molecule has 1 amide bonds. The molecule has 1 aromatic carbocycles. The van der Waals surface area contributed by atoms with Crippen LogP contribution in [0.5, 0.6) is 0 Å². The number of rotatable bonds is 9. The molecule has 0 aliphatic heterocycles. The van der Waals surface area contributed by atoms with E-state index in [9.17, 15) is 18.0 Å². The predicted octanol–water partition coefficient (Wildman–Crippen LogP) is 2.46. The van der Waals surface area contributed by atoms with Crippen LogP contribution in [-0.4, -0.2) is 47.9 Å². The molecular formula is C22H29N3O5S. The molecule has 1 fully saturated rings. The van der Waals surface area contributed by atoms with Gasteiger partial charge in [0.25, 0.3) is 0 Å². The van der Waals surface area contributed by atoms with E-state index in [0.717, 1.165) is 18.2 Å². The first kappa shape index (κ1) is 23.1. The summed E-state index contributed by atoms with van der Waals surface area (Å²) in [4.78, 5) is 25.2. The van der Waals surface area contributed by atoms with Crippen LogP contribution in [0.1, 0.15) is 49.1 Å². The highest BCUT2D eigenvalue weighted by Crippen LogP contribution is 2.34. The minimum Gasteiger partial charge on any atom is -0.396 e. The lowest BCUT2D eigenvalue weighted by atomic mass is 9.86. The van der Waals surface area contributed by atoms with E-state index in [1.54, 1.807) is 42.1 Å². The lowest BCUT2D eigenvalue weighted by molar-refractivity contribution is -0.119. The molecule has 1 saturated carbocycles. The van der Waals surface area contributed by atoms with Crippen molar-refractivity contribution in [2.75, 3.05) is 18.2 Å². The average Bonchev–Trinajstić information content (AvgIpc) is 3.31. The third kappa shape index (κ3) is 6.01. The molecular weight excluding hydrogens is 418 g/mol. The molecule has 9 heteroatoms. The quantitative estimate of drug-likeness (QED) is 0.610. The molecule has 8 nitrogen and oxygen atoms in total. The van der Waals surface area contributed by atoms with Crippen LogP contribution in [0.3, 0.4) is 0 Å². The molecule has 168 valence electrons. The number of nitrogens with zero attached hydrogens (tertiary/aromatic N) is 2. The lowest BCUT2D eigenvalue weighted by Gasteiger charge is -2.21. The number of ketones is 1. The number of aliphatic hydroxyl groups is 1. The van der Waals surface area contributed by atoms with Crippen LogP contribution in [0, 0.1) is 12.8 Å². The lowest BCUT2D eigenvalue weighted by Crippen LogP contribution is -2.24. The van der Waals surface area contributed by atoms with E-state index in [1.807, 2.05) is 0 Å². The number of amides is 1. The maximum absolute atomic E-state index is 13.2. The molecule has 3 rings (SSSR count). The number of aromatic nitrogens is 2. The van der Waals surface area contributed by atoms with Crippen molar-refractivity contribution in [1.29, 1.82) is 0 Å². The van der Waals surface area contributed by atoms with Crippen LogP contribution >= 0.6 is 0 Å². The molecule has 0 bridgehead atoms. The predicted molar refractivity (Wildman–Crippen MR) is 117 cm³/mol. The van der Waals surface area contributed by atoms with E-state index in [4.69, 9.17) is 5.11 Å². The zero-order chi connectivity index (χ0) is 22.6. The van der Waals surface area contributed by atoms with Crippen molar-refractivity contribution in [3.63, 3.8) is 0 Å². The Kier molecular flexibility index (Phi) is 7.27. The number of benzene rings is 1. The van der Waals surface area contributed by atoms with Gasteiger partial charge in [0.2, 0.25) is 5.91 Å². The van der Waals surface area contributed by atoms with Crippen LogP contribution in [0.4, 0.5) is 5.82 Å². The Morgan fingerprint density at radius 3 is 2.74 bits per heavy atom. The fourth-order valence-electron chi connectivity index (χ4n) is 4.12. The molecule has 0 radical (unpaired) electrons. The maximum Gasteiger partial charge on any atom is 0.233 e. The summed E-state index contributed by atoms with van der Waals surface area (Å²) in [6, 6.07) is 6.68. The number of anilines is 1. The molecule has 31 heavy (non-hydrogen) atoms. The normalized spacial score (nSPS) is 17.6. The Morgan fingerprint density at radius 2 is 2.13 bits per heavy atom. The third-order valence-electron chi connectivity index (χ3n) is 5.67. The largest absolute Gasteiger partial charge is 0.396 e. The van der Waals surface area contributed by atoms with Crippen molar-refractivity contribution in [3.05, 3.63) is 41.6 Å². The molecule has 1 aromatic heterocycles. The maximum atomic E-state index is 13.2. The molecule has 0 saturated heterocycles. The van der Waals surface area contributed by atoms with E-state index in [0.29, 0.717) is 43.6 Å². The number of hydrogen-bond acceptors (Lipinski definition) is 6. The summed E-state index contributed by atoms with van der Waals surface area (Å²) in [6.07, 6.45) is 5.76. The fourth-order valence-corrected chi connectivity index (χ4v) is 5.08. The monoisotopic (exact) mass is 447 g/mol. The zero-order valence-electron chi connectivity index (χ0n) is 17.9. The molecule has 1 unspecified atom stereocenters. The number of aryl methyl sites for hydroxylation is 2. The molecule has 0 spiro atoms. The van der Waals surface area contributed by atoms with Gasteiger partial charge in [0.1, 0.15) is 5.78 Å². The number of aliphatic hydroxyl groups excluding tert-OH is 1. The Bertz CT molecular complexity index is 1060. The van der Waals surface area contributed by atoms with Crippen molar-refractivity contribution < 1.29 is 23.1 Å². The molecule has 1 aliphatic rings. The minimum absolute atomic E-state index is 0.0621. The SMILES string of the molecule is Cc1cc(C(C[C@H]2CCC(=O)C2)C(=O)Nc2ccn(CCCO)n2)ccc1S(C)(=O)=O. The van der Waals surface area contributed by atoms with Gasteiger partial charge in [-0.15, -0.1) is 0 Å². The summed E-state index contributed by atoms with van der Waals surface area (Å²) in [5.41, 5.74) is 1.31. The molecule has 2 aromatic rings. The van der Waals surface area contributed by atoms with Gasteiger partial charge in [0.15, 0.2) is 15.7 Å². The van der Waals surface area contributed by atoms with Gasteiger partial charge in [-0.2, -0.15) is 5.10 Å². The smallest absolute Gasteiger partial charge is 0.233 e. The van der Waals surface area contributed by atoms with Gasteiger partial charge < -0.3 is 10.4 Å². The van der Waals surface area contributed by atoms with E-state index in [-0.39, 0.29) is 29.1 Å². The summed E-state index contributed by atoms with van der Waals surface area (Å²) >= 11 is 0. The van der Waals surface area contributed by atoms with Crippen LogP contribution < -0.4 is 5.32 Å². The number of sulfone groups is 1. The Labute approximate surface area is 182 Å². The number of hydrogen-bond donors (Lipinski definition) is 2. The summed E-state index contributed by atoms with van der Waals surface area (Å²) in [6.45, 7) is 2.33. The van der Waals surface area contributed by atoms with E-state index in [1.165, 1.54) is 0 Å². The van der Waals surface area contributed by atoms with Crippen molar-refractivity contribution in [3.8, 4) is 0 Å². The molecule has 2 N–H and O–H groups in total. The number of carbonyl (C=O) groups is 2. The van der Waals surface area contributed by atoms with E-state index < -0.39 is 15.8 Å². The third-order valence-corrected chi connectivity index (χ3v) is 6.93. The van der Waals surface area contributed by atoms with Crippen molar-refractivity contribution >= 4 is 27.3 Å². The van der Waals surface area contributed by atoms with Gasteiger partial charge >= 0.3 is 0 Å². The summed E-state index contributed by atoms with van der Waals surface area (Å²) in [7, 11) is -3.36. The highest BCUT2D eigenvalue weighted by Gasteiger charge is 2.30. The fraction of sp³-hybridized carbons (Fsp3) is 0.500. The number of Topliss-reactive ketones (excluding diaryl/α,β-unsaturated/α-hetero) is 1. The second-order valence-electron chi connectivity index (χ2n) is 8.26. The molecule has 1 aliphatic carbocycles. The highest BCUT2D eigenvalue weighted by molar-refractivity contribution is 7.90. The number of carbonyl (C=O) groups excluding carboxylic acids is 2. The molecule has 2 atom stereocenters. The van der Waals surface area contributed by atoms with Crippen molar-refractivity contribution in [2.45, 2.75) is 56.4 Å². The van der Waals surface area contributed by atoms with Gasteiger partial charge in [-0.3, -0.25) is 14.3 Å². The van der Waals surface area contributed by atoms with Crippen molar-refractivity contribution in [2.24, 2.45) is 5.92 Å². The van der Waals surface area contributed by atoms with Gasteiger partial charge in [-0.05, 0) is 49.3 Å². The highest BCUT2D eigenvalue weighted by atomic mass is 32.2. The van der Waals surface area contributed by atoms with Crippen LogP contribution in [0.25, 0.3) is 0 Å². The Balaban J connectivity index is 1.83. The first-order valence-electron chi connectivity index (χ1n) is 10.4. The van der Waals surface area contributed by atoms with Gasteiger partial charge in [-0.25, -0.2) is 8.42 Å². The van der Waals surface area contributed by atoms with Crippen molar-refractivity contribution in [1.82, 2.24) is 9.78 Å². The van der Waals surface area contributed by atoms with E-state index in [2.05, 4.69) is 10.4 Å². The second kappa shape index (κ2) is 9.74. The minimum atomic E-state index is -3.36. The summed E-state index contributed by atoms with van der Waals surface area (Å²) in [5, 5.41) is 16.1. The summed E-state index contributed by atoms with van der Waals surface area (Å²) < 4.78 is 25.6. The molecule has 1 heterocycles. The van der Waals surface area contributed by atoms with E-state index >= 15 is 0 Å². The first-order valence-corrected chi connectivity index (χ1v) is 12.3.